The van der Waals surface area contributed by atoms with Gasteiger partial charge in [0.2, 0.25) is 0 Å². The van der Waals surface area contributed by atoms with Gasteiger partial charge in [0.15, 0.2) is 0 Å². The zero-order chi connectivity index (χ0) is 15.3. The third-order valence-corrected chi connectivity index (χ3v) is 7.07. The standard InChI is InChI=1S/C17H32O2S2/c1-3-5-6-7-8-9-10-12-15(16(18)19-4-2)17-20-13-11-14-21-17/h15,17H,3-14H2,1-2H3. The van der Waals surface area contributed by atoms with Crippen LogP contribution in [0.25, 0.3) is 0 Å². The smallest absolute Gasteiger partial charge is 0.310 e. The molecule has 1 aliphatic heterocycles. The van der Waals surface area contributed by atoms with Crippen molar-refractivity contribution in [2.24, 2.45) is 5.92 Å². The predicted molar refractivity (Wildman–Crippen MR) is 96.1 cm³/mol. The summed E-state index contributed by atoms with van der Waals surface area (Å²) in [5, 5.41) is 0. The zero-order valence-corrected chi connectivity index (χ0v) is 15.4. The van der Waals surface area contributed by atoms with Gasteiger partial charge in [-0.05, 0) is 31.3 Å². The van der Waals surface area contributed by atoms with Gasteiger partial charge in [-0.1, -0.05) is 51.9 Å². The second-order valence-electron chi connectivity index (χ2n) is 5.73. The molecule has 0 aromatic carbocycles. The molecule has 4 heteroatoms. The van der Waals surface area contributed by atoms with Gasteiger partial charge in [0, 0.05) is 0 Å². The fourth-order valence-electron chi connectivity index (χ4n) is 2.67. The summed E-state index contributed by atoms with van der Waals surface area (Å²) >= 11 is 3.93. The molecule has 2 nitrogen and oxygen atoms in total. The van der Waals surface area contributed by atoms with Gasteiger partial charge in [-0.15, -0.1) is 23.5 Å². The van der Waals surface area contributed by atoms with E-state index >= 15 is 0 Å². The van der Waals surface area contributed by atoms with Crippen molar-refractivity contribution in [1.29, 1.82) is 0 Å². The van der Waals surface area contributed by atoms with Gasteiger partial charge in [0.25, 0.3) is 0 Å². The largest absolute Gasteiger partial charge is 0.466 e. The van der Waals surface area contributed by atoms with Crippen LogP contribution in [-0.2, 0) is 9.53 Å². The quantitative estimate of drug-likeness (QED) is 0.368. The maximum atomic E-state index is 12.2. The molecule has 0 aromatic rings. The molecule has 124 valence electrons. The molecule has 1 saturated heterocycles. The number of hydrogen-bond acceptors (Lipinski definition) is 4. The number of ether oxygens (including phenoxy) is 1. The SMILES string of the molecule is CCCCCCCCCC(C(=O)OCC)C1SCCCS1. The highest BCUT2D eigenvalue weighted by Gasteiger charge is 2.31. The van der Waals surface area contributed by atoms with Gasteiger partial charge < -0.3 is 4.74 Å². The second kappa shape index (κ2) is 12.7. The first kappa shape index (κ1) is 19.2. The predicted octanol–water partition coefficient (Wildman–Crippen LogP) is 5.50. The van der Waals surface area contributed by atoms with Crippen molar-refractivity contribution >= 4 is 29.5 Å². The lowest BCUT2D eigenvalue weighted by Gasteiger charge is -2.27. The monoisotopic (exact) mass is 332 g/mol. The number of rotatable bonds is 11. The van der Waals surface area contributed by atoms with Crippen molar-refractivity contribution in [1.82, 2.24) is 0 Å². The van der Waals surface area contributed by atoms with E-state index in [-0.39, 0.29) is 11.9 Å². The molecule has 1 aliphatic rings. The van der Waals surface area contributed by atoms with Crippen molar-refractivity contribution in [2.45, 2.75) is 76.2 Å². The van der Waals surface area contributed by atoms with Gasteiger partial charge in [-0.25, -0.2) is 0 Å². The van der Waals surface area contributed by atoms with E-state index in [1.54, 1.807) is 0 Å². The number of unbranched alkanes of at least 4 members (excludes halogenated alkanes) is 6. The Morgan fingerprint density at radius 3 is 2.29 bits per heavy atom. The van der Waals surface area contributed by atoms with Crippen LogP contribution < -0.4 is 0 Å². The maximum Gasteiger partial charge on any atom is 0.310 e. The lowest BCUT2D eigenvalue weighted by atomic mass is 10.0. The molecule has 1 unspecified atom stereocenters. The maximum absolute atomic E-state index is 12.2. The topological polar surface area (TPSA) is 26.3 Å². The molecular formula is C17H32O2S2. The highest BCUT2D eigenvalue weighted by atomic mass is 32.2. The van der Waals surface area contributed by atoms with E-state index in [4.69, 9.17) is 4.74 Å². The van der Waals surface area contributed by atoms with Crippen LogP contribution in [0.3, 0.4) is 0 Å². The number of esters is 1. The molecule has 0 radical (unpaired) electrons. The molecule has 1 rings (SSSR count). The van der Waals surface area contributed by atoms with Crippen molar-refractivity contribution in [3.8, 4) is 0 Å². The Balaban J connectivity index is 2.26. The zero-order valence-electron chi connectivity index (χ0n) is 13.8. The molecule has 0 bridgehead atoms. The number of carbonyl (C=O) groups excluding carboxylic acids is 1. The summed E-state index contributed by atoms with van der Waals surface area (Å²) in [4.78, 5) is 12.2. The Labute approximate surface area is 139 Å². The van der Waals surface area contributed by atoms with Gasteiger partial charge in [-0.3, -0.25) is 4.79 Å². The first-order chi connectivity index (χ1) is 10.3. The lowest BCUT2D eigenvalue weighted by molar-refractivity contribution is -0.147. The molecule has 1 heterocycles. The van der Waals surface area contributed by atoms with E-state index in [9.17, 15) is 4.79 Å². The highest BCUT2D eigenvalue weighted by Crippen LogP contribution is 2.38. The fraction of sp³-hybridized carbons (Fsp3) is 0.941. The van der Waals surface area contributed by atoms with E-state index in [2.05, 4.69) is 6.92 Å². The minimum Gasteiger partial charge on any atom is -0.466 e. The summed E-state index contributed by atoms with van der Waals surface area (Å²) in [5.74, 6) is 2.54. The normalized spacial score (nSPS) is 17.6. The Hall–Kier alpha value is 0.170. The van der Waals surface area contributed by atoms with Crippen LogP contribution in [0.15, 0.2) is 0 Å². The Kier molecular flexibility index (Phi) is 11.6. The van der Waals surface area contributed by atoms with Crippen LogP contribution in [0.2, 0.25) is 0 Å². The van der Waals surface area contributed by atoms with Crippen molar-refractivity contribution in [3.05, 3.63) is 0 Å². The lowest BCUT2D eigenvalue weighted by Crippen LogP contribution is -2.28. The fourth-order valence-corrected chi connectivity index (χ4v) is 5.86. The van der Waals surface area contributed by atoms with Gasteiger partial charge >= 0.3 is 5.97 Å². The van der Waals surface area contributed by atoms with E-state index < -0.39 is 0 Å². The summed E-state index contributed by atoms with van der Waals surface area (Å²) in [7, 11) is 0. The van der Waals surface area contributed by atoms with Gasteiger partial charge in [0.05, 0.1) is 17.1 Å². The van der Waals surface area contributed by atoms with Crippen molar-refractivity contribution in [3.63, 3.8) is 0 Å². The van der Waals surface area contributed by atoms with Crippen LogP contribution >= 0.6 is 23.5 Å². The third-order valence-electron chi connectivity index (χ3n) is 3.89. The minimum absolute atomic E-state index is 0.0374. The second-order valence-corrected chi connectivity index (χ2v) is 8.53. The Morgan fingerprint density at radius 1 is 1.05 bits per heavy atom. The van der Waals surface area contributed by atoms with Crippen molar-refractivity contribution in [2.75, 3.05) is 18.1 Å². The van der Waals surface area contributed by atoms with E-state index in [1.165, 1.54) is 62.9 Å². The summed E-state index contributed by atoms with van der Waals surface area (Å²) in [6, 6.07) is 0. The van der Waals surface area contributed by atoms with Crippen LogP contribution in [0, 0.1) is 5.92 Å². The first-order valence-electron chi connectivity index (χ1n) is 8.69. The Bertz CT molecular complexity index is 266. The molecule has 1 fully saturated rings. The molecular weight excluding hydrogens is 300 g/mol. The highest BCUT2D eigenvalue weighted by molar-refractivity contribution is 8.17. The van der Waals surface area contributed by atoms with E-state index in [0.717, 1.165) is 6.42 Å². The molecule has 0 aliphatic carbocycles. The number of thioether (sulfide) groups is 2. The van der Waals surface area contributed by atoms with Gasteiger partial charge in [0.1, 0.15) is 0 Å². The summed E-state index contributed by atoms with van der Waals surface area (Å²) < 4.78 is 5.73. The molecule has 1 atom stereocenters. The van der Waals surface area contributed by atoms with Crippen LogP contribution in [0.4, 0.5) is 0 Å². The average molecular weight is 333 g/mol. The number of carbonyl (C=O) groups is 1. The summed E-state index contributed by atoms with van der Waals surface area (Å²) in [6.45, 7) is 4.67. The molecule has 0 spiro atoms. The Morgan fingerprint density at radius 2 is 1.67 bits per heavy atom. The molecule has 21 heavy (non-hydrogen) atoms. The summed E-state index contributed by atoms with van der Waals surface area (Å²) in [5.41, 5.74) is 0. The first-order valence-corrected chi connectivity index (χ1v) is 10.8. The van der Waals surface area contributed by atoms with Crippen LogP contribution in [0.5, 0.6) is 0 Å². The van der Waals surface area contributed by atoms with Gasteiger partial charge in [-0.2, -0.15) is 0 Å². The number of hydrogen-bond donors (Lipinski definition) is 0. The van der Waals surface area contributed by atoms with E-state index in [1.807, 2.05) is 30.4 Å². The third kappa shape index (κ3) is 8.39. The van der Waals surface area contributed by atoms with E-state index in [0.29, 0.717) is 11.2 Å². The molecule has 0 amide bonds. The van der Waals surface area contributed by atoms with Crippen molar-refractivity contribution < 1.29 is 9.53 Å². The molecule has 0 aromatic heterocycles. The molecule has 0 N–H and O–H groups in total. The van der Waals surface area contributed by atoms with Crippen LogP contribution in [0.1, 0.15) is 71.6 Å². The van der Waals surface area contributed by atoms with Crippen LogP contribution in [-0.4, -0.2) is 28.7 Å². The summed E-state index contributed by atoms with van der Waals surface area (Å²) in [6.07, 6.45) is 11.4. The average Bonchev–Trinajstić information content (AvgIpc) is 2.51. The molecule has 0 saturated carbocycles. The minimum atomic E-state index is 0.0374.